The molecule has 43 heavy (non-hydrogen) atoms. The van der Waals surface area contributed by atoms with Crippen LogP contribution >= 0.6 is 0 Å². The molecule has 0 radical (unpaired) electrons. The van der Waals surface area contributed by atoms with Crippen LogP contribution < -0.4 is 15.5 Å². The molecule has 2 aliphatic heterocycles. The molecule has 4 aromatic rings. The number of hydrogen-bond donors (Lipinski definition) is 2. The third kappa shape index (κ3) is 7.12. The van der Waals surface area contributed by atoms with Crippen LogP contribution in [0.3, 0.4) is 0 Å². The van der Waals surface area contributed by atoms with Crippen LogP contribution in [0.5, 0.6) is 0 Å². The number of piperidine rings is 1. The Labute approximate surface area is 252 Å². The van der Waals surface area contributed by atoms with Gasteiger partial charge in [0.05, 0.1) is 30.8 Å². The molecule has 0 saturated carbocycles. The minimum atomic E-state index is -0.241. The first kappa shape index (κ1) is 29.0. The molecule has 2 amide bonds. The van der Waals surface area contributed by atoms with Crippen LogP contribution in [0.4, 0.5) is 16.3 Å². The van der Waals surface area contributed by atoms with Gasteiger partial charge in [0.1, 0.15) is 5.82 Å². The lowest BCUT2D eigenvalue weighted by Crippen LogP contribution is -2.37. The maximum atomic E-state index is 12.3. The van der Waals surface area contributed by atoms with E-state index < -0.39 is 0 Å². The zero-order valence-corrected chi connectivity index (χ0v) is 24.7. The molecular formula is C32H40N8O3. The molecule has 11 heteroatoms. The summed E-state index contributed by atoms with van der Waals surface area (Å²) >= 11 is 0. The van der Waals surface area contributed by atoms with E-state index in [-0.39, 0.29) is 12.1 Å². The van der Waals surface area contributed by atoms with Crippen LogP contribution in [0.2, 0.25) is 0 Å². The van der Waals surface area contributed by atoms with Crippen molar-refractivity contribution in [3.05, 3.63) is 66.4 Å². The van der Waals surface area contributed by atoms with E-state index in [1.807, 2.05) is 30.5 Å². The third-order valence-electron chi connectivity index (χ3n) is 8.11. The normalized spacial score (nSPS) is 16.4. The van der Waals surface area contributed by atoms with Crippen LogP contribution in [0.15, 0.2) is 60.8 Å². The number of aromatic nitrogens is 4. The summed E-state index contributed by atoms with van der Waals surface area (Å²) in [5.74, 6) is 1.54. The van der Waals surface area contributed by atoms with Crippen LogP contribution in [0.25, 0.3) is 22.4 Å². The number of morpholine rings is 1. The predicted molar refractivity (Wildman–Crippen MR) is 167 cm³/mol. The number of benzene rings is 2. The van der Waals surface area contributed by atoms with Gasteiger partial charge in [0.2, 0.25) is 0 Å². The number of nitrogens with zero attached hydrogens (tertiary/aromatic N) is 6. The Hall–Kier alpha value is -4.06. The number of rotatable bonds is 10. The average Bonchev–Trinajstić information content (AvgIpc) is 3.48. The van der Waals surface area contributed by atoms with Gasteiger partial charge in [0.25, 0.3) is 0 Å². The van der Waals surface area contributed by atoms with Gasteiger partial charge in [-0.15, -0.1) is 0 Å². The molecule has 0 spiro atoms. The number of nitrogens with one attached hydrogen (secondary N) is 2. The van der Waals surface area contributed by atoms with Gasteiger partial charge in [0.15, 0.2) is 11.5 Å². The Kier molecular flexibility index (Phi) is 9.41. The van der Waals surface area contributed by atoms with Crippen molar-refractivity contribution in [2.45, 2.75) is 31.8 Å². The highest BCUT2D eigenvalue weighted by atomic mass is 16.5. The number of hydrogen-bond acceptors (Lipinski definition) is 8. The fraction of sp³-hybridized carbons (Fsp3) is 0.438. The van der Waals surface area contributed by atoms with E-state index in [2.05, 4.69) is 55.4 Å². The number of fused-ring (bicyclic) bond motifs is 1. The summed E-state index contributed by atoms with van der Waals surface area (Å²) < 4.78 is 12.8. The average molecular weight is 585 g/mol. The first-order chi connectivity index (χ1) is 21.2. The van der Waals surface area contributed by atoms with Crippen molar-refractivity contribution in [1.29, 1.82) is 0 Å². The van der Waals surface area contributed by atoms with Gasteiger partial charge in [-0.2, -0.15) is 5.10 Å². The molecule has 0 aliphatic carbocycles. The lowest BCUT2D eigenvalue weighted by molar-refractivity contribution is 0.122. The van der Waals surface area contributed by atoms with E-state index >= 15 is 0 Å². The number of urea groups is 1. The molecule has 2 aromatic heterocycles. The monoisotopic (exact) mass is 584 g/mol. The molecule has 2 fully saturated rings. The number of ether oxygens (including phenoxy) is 2. The summed E-state index contributed by atoms with van der Waals surface area (Å²) in [4.78, 5) is 27.2. The van der Waals surface area contributed by atoms with Crippen molar-refractivity contribution >= 4 is 28.6 Å². The van der Waals surface area contributed by atoms with Crippen molar-refractivity contribution in [2.75, 3.05) is 69.9 Å². The topological polar surface area (TPSA) is 110 Å². The van der Waals surface area contributed by atoms with Gasteiger partial charge >= 0.3 is 6.03 Å². The van der Waals surface area contributed by atoms with Gasteiger partial charge in [-0.3, -0.25) is 4.90 Å². The van der Waals surface area contributed by atoms with Gasteiger partial charge in [0, 0.05) is 64.2 Å². The zero-order valence-electron chi connectivity index (χ0n) is 24.7. The maximum Gasteiger partial charge on any atom is 0.319 e. The minimum absolute atomic E-state index is 0.241. The molecule has 226 valence electrons. The molecule has 11 nitrogen and oxygen atoms in total. The summed E-state index contributed by atoms with van der Waals surface area (Å²) in [5.41, 5.74) is 3.80. The minimum Gasteiger partial charge on any atom is -0.385 e. The highest BCUT2D eigenvalue weighted by molar-refractivity contribution is 5.90. The Morgan fingerprint density at radius 2 is 1.77 bits per heavy atom. The zero-order chi connectivity index (χ0) is 29.4. The lowest BCUT2D eigenvalue weighted by Gasteiger charge is -2.32. The largest absolute Gasteiger partial charge is 0.385 e. The first-order valence-electron chi connectivity index (χ1n) is 15.2. The van der Waals surface area contributed by atoms with Crippen LogP contribution in [-0.2, 0) is 16.0 Å². The number of likely N-dealkylation sites (tertiary alicyclic amines) is 1. The number of carbonyl (C=O) groups is 1. The summed E-state index contributed by atoms with van der Waals surface area (Å²) in [6.07, 6.45) is 4.73. The fourth-order valence-corrected chi connectivity index (χ4v) is 5.78. The quantitative estimate of drug-likeness (QED) is 0.265. The van der Waals surface area contributed by atoms with E-state index in [4.69, 9.17) is 24.5 Å². The number of amides is 2. The van der Waals surface area contributed by atoms with Gasteiger partial charge < -0.3 is 25.0 Å². The Balaban J connectivity index is 1.22. The molecule has 2 N–H and O–H groups in total. The molecule has 4 heterocycles. The smallest absolute Gasteiger partial charge is 0.319 e. The van der Waals surface area contributed by atoms with E-state index in [1.54, 1.807) is 7.11 Å². The van der Waals surface area contributed by atoms with E-state index in [1.165, 1.54) is 5.56 Å². The number of anilines is 2. The second kappa shape index (κ2) is 13.9. The fourth-order valence-electron chi connectivity index (χ4n) is 5.78. The third-order valence-corrected chi connectivity index (χ3v) is 8.11. The Morgan fingerprint density at radius 3 is 2.51 bits per heavy atom. The van der Waals surface area contributed by atoms with Crippen molar-refractivity contribution < 1.29 is 14.3 Å². The SMILES string of the molecule is COCCCNC(=O)Nc1ccc(-c2nc(N3CCOCC3)c3cnn(C4CCN(Cc5ccccc5)CC4)c3n2)cc1. The predicted octanol–water partition coefficient (Wildman–Crippen LogP) is 4.33. The van der Waals surface area contributed by atoms with Crippen LogP contribution in [0, 0.1) is 0 Å². The van der Waals surface area contributed by atoms with Gasteiger partial charge in [-0.25, -0.2) is 19.4 Å². The Morgan fingerprint density at radius 1 is 1.00 bits per heavy atom. The van der Waals surface area contributed by atoms with Crippen molar-refractivity contribution in [2.24, 2.45) is 0 Å². The maximum absolute atomic E-state index is 12.3. The van der Waals surface area contributed by atoms with E-state index in [0.29, 0.717) is 37.9 Å². The van der Waals surface area contributed by atoms with Crippen LogP contribution in [-0.4, -0.2) is 90.3 Å². The van der Waals surface area contributed by atoms with E-state index in [0.717, 1.165) is 74.4 Å². The standard InChI is InChI=1S/C32H40N8O3/c1-42-19-5-14-33-32(41)35-26-10-8-25(9-11-26)29-36-30(39-17-20-43-21-18-39)28-22-34-40(31(28)37-29)27-12-15-38(16-13-27)23-24-6-3-2-4-7-24/h2-4,6-11,22,27H,5,12-21,23H2,1H3,(H2,33,35,41). The summed E-state index contributed by atoms with van der Waals surface area (Å²) in [6, 6.07) is 18.4. The molecular weight excluding hydrogens is 544 g/mol. The van der Waals surface area contributed by atoms with E-state index in [9.17, 15) is 4.79 Å². The molecule has 0 bridgehead atoms. The highest BCUT2D eigenvalue weighted by Crippen LogP contribution is 2.32. The second-order valence-corrected chi connectivity index (χ2v) is 11.1. The molecule has 0 atom stereocenters. The summed E-state index contributed by atoms with van der Waals surface area (Å²) in [5, 5.41) is 11.6. The van der Waals surface area contributed by atoms with Gasteiger partial charge in [-0.1, -0.05) is 30.3 Å². The summed E-state index contributed by atoms with van der Waals surface area (Å²) in [7, 11) is 1.65. The Bertz CT molecular complexity index is 1480. The lowest BCUT2D eigenvalue weighted by atomic mass is 10.0. The van der Waals surface area contributed by atoms with Crippen molar-refractivity contribution in [1.82, 2.24) is 30.0 Å². The number of carbonyl (C=O) groups excluding carboxylic acids is 1. The molecule has 2 aliphatic rings. The number of methoxy groups -OCH3 is 1. The van der Waals surface area contributed by atoms with Crippen molar-refractivity contribution in [3.8, 4) is 11.4 Å². The molecule has 2 aromatic carbocycles. The first-order valence-corrected chi connectivity index (χ1v) is 15.2. The molecule has 6 rings (SSSR count). The summed E-state index contributed by atoms with van der Waals surface area (Å²) in [6.45, 7) is 7.06. The second-order valence-electron chi connectivity index (χ2n) is 11.1. The van der Waals surface area contributed by atoms with Crippen molar-refractivity contribution in [3.63, 3.8) is 0 Å². The van der Waals surface area contributed by atoms with Crippen LogP contribution in [0.1, 0.15) is 30.9 Å². The molecule has 2 saturated heterocycles. The molecule has 0 unspecified atom stereocenters. The highest BCUT2D eigenvalue weighted by Gasteiger charge is 2.26. The van der Waals surface area contributed by atoms with Gasteiger partial charge in [-0.05, 0) is 49.1 Å².